The Hall–Kier alpha value is -1.54. The number of H-pyrrole nitrogens is 1. The van der Waals surface area contributed by atoms with E-state index < -0.39 is 29.4 Å². The van der Waals surface area contributed by atoms with Gasteiger partial charge in [0.15, 0.2) is 11.6 Å². The van der Waals surface area contributed by atoms with Gasteiger partial charge in [0.1, 0.15) is 0 Å². The molecule has 0 aliphatic carbocycles. The predicted molar refractivity (Wildman–Crippen MR) is 71.3 cm³/mol. The summed E-state index contributed by atoms with van der Waals surface area (Å²) < 4.78 is 32.7. The standard InChI is InChI=1S/C12H12BrF2N3O2/c1-4-3-6(14)9(15)7(8(4)13)5(2)10(16)11-17-18-12(19)20-11/h3,5,10H,16H2,1-2H3,(H,18,19)/t5?,10-/m0/s1. The maximum absolute atomic E-state index is 14.0. The van der Waals surface area contributed by atoms with Gasteiger partial charge in [-0.2, -0.15) is 0 Å². The second-order valence-corrected chi connectivity index (χ2v) is 5.28. The van der Waals surface area contributed by atoms with Crippen LogP contribution in [0.25, 0.3) is 0 Å². The van der Waals surface area contributed by atoms with E-state index in [4.69, 9.17) is 10.2 Å². The second-order valence-electron chi connectivity index (χ2n) is 4.48. The molecule has 8 heteroatoms. The SMILES string of the molecule is Cc1cc(F)c(F)c(C(C)[C@H](N)c2n[nH]c(=O)o2)c1Br. The zero-order valence-electron chi connectivity index (χ0n) is 10.7. The minimum Gasteiger partial charge on any atom is -0.391 e. The van der Waals surface area contributed by atoms with E-state index in [-0.39, 0.29) is 11.5 Å². The van der Waals surface area contributed by atoms with Crippen LogP contribution in [0.3, 0.4) is 0 Å². The quantitative estimate of drug-likeness (QED) is 0.835. The van der Waals surface area contributed by atoms with Crippen molar-refractivity contribution >= 4 is 15.9 Å². The molecule has 20 heavy (non-hydrogen) atoms. The summed E-state index contributed by atoms with van der Waals surface area (Å²) >= 11 is 3.23. The zero-order valence-corrected chi connectivity index (χ0v) is 12.3. The molecule has 2 atom stereocenters. The van der Waals surface area contributed by atoms with Gasteiger partial charge < -0.3 is 10.2 Å². The lowest BCUT2D eigenvalue weighted by Gasteiger charge is -2.20. The number of hydrogen-bond acceptors (Lipinski definition) is 4. The van der Waals surface area contributed by atoms with Crippen LogP contribution < -0.4 is 11.5 Å². The molecule has 0 radical (unpaired) electrons. The van der Waals surface area contributed by atoms with Gasteiger partial charge >= 0.3 is 5.76 Å². The van der Waals surface area contributed by atoms with Crippen LogP contribution in [0.1, 0.15) is 35.9 Å². The molecule has 0 bridgehead atoms. The highest BCUT2D eigenvalue weighted by Crippen LogP contribution is 2.36. The van der Waals surface area contributed by atoms with Gasteiger partial charge in [-0.15, -0.1) is 5.10 Å². The van der Waals surface area contributed by atoms with Gasteiger partial charge in [-0.05, 0) is 18.6 Å². The summed E-state index contributed by atoms with van der Waals surface area (Å²) in [5.74, 6) is -3.40. The predicted octanol–water partition coefficient (Wildman–Crippen LogP) is 2.52. The van der Waals surface area contributed by atoms with Crippen LogP contribution in [0.2, 0.25) is 0 Å². The van der Waals surface area contributed by atoms with Gasteiger partial charge in [-0.25, -0.2) is 18.7 Å². The normalized spacial score (nSPS) is 14.3. The molecule has 0 fully saturated rings. The molecule has 108 valence electrons. The van der Waals surface area contributed by atoms with Crippen molar-refractivity contribution in [3.63, 3.8) is 0 Å². The Labute approximate surface area is 121 Å². The molecule has 0 saturated carbocycles. The Morgan fingerprint density at radius 2 is 2.15 bits per heavy atom. The van der Waals surface area contributed by atoms with Crippen LogP contribution in [0, 0.1) is 18.6 Å². The lowest BCUT2D eigenvalue weighted by Crippen LogP contribution is -2.20. The number of aromatic nitrogens is 2. The number of aromatic amines is 1. The van der Waals surface area contributed by atoms with E-state index in [1.165, 1.54) is 0 Å². The van der Waals surface area contributed by atoms with Crippen LogP contribution in [0.4, 0.5) is 8.78 Å². The number of benzene rings is 1. The van der Waals surface area contributed by atoms with Crippen molar-refractivity contribution in [2.45, 2.75) is 25.8 Å². The zero-order chi connectivity index (χ0) is 15.0. The molecule has 2 aromatic rings. The van der Waals surface area contributed by atoms with Crippen molar-refractivity contribution in [3.05, 3.63) is 49.7 Å². The molecular weight excluding hydrogens is 336 g/mol. The summed E-state index contributed by atoms with van der Waals surface area (Å²) in [5.41, 5.74) is 6.52. The maximum Gasteiger partial charge on any atom is 0.434 e. The molecule has 1 aromatic carbocycles. The van der Waals surface area contributed by atoms with Gasteiger partial charge in [0, 0.05) is 16.0 Å². The number of nitrogens with zero attached hydrogens (tertiary/aromatic N) is 1. The van der Waals surface area contributed by atoms with E-state index in [1.807, 2.05) is 0 Å². The van der Waals surface area contributed by atoms with Crippen molar-refractivity contribution in [2.75, 3.05) is 0 Å². The minimum absolute atomic E-state index is 0.0595. The minimum atomic E-state index is -0.983. The second kappa shape index (κ2) is 5.45. The van der Waals surface area contributed by atoms with Crippen LogP contribution in [0.15, 0.2) is 19.8 Å². The first kappa shape index (κ1) is 14.9. The monoisotopic (exact) mass is 347 g/mol. The van der Waals surface area contributed by atoms with Gasteiger partial charge in [0.25, 0.3) is 0 Å². The van der Waals surface area contributed by atoms with Crippen molar-refractivity contribution < 1.29 is 13.2 Å². The number of hydrogen-bond donors (Lipinski definition) is 2. The molecular formula is C12H12BrF2N3O2. The first-order valence-electron chi connectivity index (χ1n) is 5.78. The third-order valence-electron chi connectivity index (χ3n) is 3.11. The maximum atomic E-state index is 14.0. The fourth-order valence-electron chi connectivity index (χ4n) is 1.93. The molecule has 1 heterocycles. The Morgan fingerprint density at radius 3 is 2.70 bits per heavy atom. The van der Waals surface area contributed by atoms with E-state index in [1.54, 1.807) is 13.8 Å². The van der Waals surface area contributed by atoms with Gasteiger partial charge in [0.2, 0.25) is 5.89 Å². The van der Waals surface area contributed by atoms with Crippen LogP contribution in [-0.4, -0.2) is 10.2 Å². The number of halogens is 3. The van der Waals surface area contributed by atoms with Crippen LogP contribution in [-0.2, 0) is 0 Å². The molecule has 2 rings (SSSR count). The summed E-state index contributed by atoms with van der Waals surface area (Å²) in [5, 5.41) is 5.68. The lowest BCUT2D eigenvalue weighted by atomic mass is 9.92. The van der Waals surface area contributed by atoms with Crippen molar-refractivity contribution in [3.8, 4) is 0 Å². The highest BCUT2D eigenvalue weighted by Gasteiger charge is 2.28. The average molecular weight is 348 g/mol. The molecule has 3 N–H and O–H groups in total. The fraction of sp³-hybridized carbons (Fsp3) is 0.333. The van der Waals surface area contributed by atoms with Crippen LogP contribution in [0.5, 0.6) is 0 Å². The number of rotatable bonds is 3. The Morgan fingerprint density at radius 1 is 1.50 bits per heavy atom. The molecule has 0 aliphatic heterocycles. The van der Waals surface area contributed by atoms with E-state index >= 15 is 0 Å². The molecule has 0 amide bonds. The van der Waals surface area contributed by atoms with E-state index in [0.717, 1.165) is 6.07 Å². The third-order valence-corrected chi connectivity index (χ3v) is 4.16. The topological polar surface area (TPSA) is 84.9 Å². The Kier molecular flexibility index (Phi) is 4.05. The molecule has 1 unspecified atom stereocenters. The summed E-state index contributed by atoms with van der Waals surface area (Å²) in [6, 6.07) is 0.205. The lowest BCUT2D eigenvalue weighted by molar-refractivity contribution is 0.392. The summed E-state index contributed by atoms with van der Waals surface area (Å²) in [6.07, 6.45) is 0. The fourth-order valence-corrected chi connectivity index (χ4v) is 2.58. The first-order valence-corrected chi connectivity index (χ1v) is 6.57. The van der Waals surface area contributed by atoms with E-state index in [0.29, 0.717) is 10.0 Å². The third kappa shape index (κ3) is 2.53. The average Bonchev–Trinajstić information content (AvgIpc) is 2.82. The largest absolute Gasteiger partial charge is 0.434 e. The highest BCUT2D eigenvalue weighted by atomic mass is 79.9. The molecule has 0 spiro atoms. The molecule has 5 nitrogen and oxygen atoms in total. The smallest absolute Gasteiger partial charge is 0.391 e. The first-order chi connectivity index (χ1) is 9.32. The van der Waals surface area contributed by atoms with Crippen molar-refractivity contribution in [2.24, 2.45) is 5.73 Å². The highest BCUT2D eigenvalue weighted by molar-refractivity contribution is 9.10. The van der Waals surface area contributed by atoms with Gasteiger partial charge in [0.05, 0.1) is 6.04 Å². The summed E-state index contributed by atoms with van der Waals surface area (Å²) in [4.78, 5) is 10.9. The van der Waals surface area contributed by atoms with Crippen molar-refractivity contribution in [1.82, 2.24) is 10.2 Å². The number of nitrogens with two attached hydrogens (primary N) is 1. The Balaban J connectivity index is 2.48. The van der Waals surface area contributed by atoms with Crippen molar-refractivity contribution in [1.29, 1.82) is 0 Å². The van der Waals surface area contributed by atoms with Gasteiger partial charge in [-0.1, -0.05) is 22.9 Å². The number of aryl methyl sites for hydroxylation is 1. The summed E-state index contributed by atoms with van der Waals surface area (Å²) in [7, 11) is 0. The van der Waals surface area contributed by atoms with E-state index in [9.17, 15) is 13.6 Å². The molecule has 1 aromatic heterocycles. The van der Waals surface area contributed by atoms with Crippen LogP contribution >= 0.6 is 15.9 Å². The molecule has 0 aliphatic rings. The Bertz CT molecular complexity index is 672. The van der Waals surface area contributed by atoms with Gasteiger partial charge in [-0.3, -0.25) is 0 Å². The molecule has 0 saturated heterocycles. The summed E-state index contributed by atoms with van der Waals surface area (Å²) in [6.45, 7) is 3.24. The van der Waals surface area contributed by atoms with E-state index in [2.05, 4.69) is 26.1 Å². The number of nitrogens with one attached hydrogen (secondary N) is 1.